The quantitative estimate of drug-likeness (QED) is 0.420. The van der Waals surface area contributed by atoms with Crippen LogP contribution in [0.25, 0.3) is 0 Å². The predicted molar refractivity (Wildman–Crippen MR) is 45.6 cm³/mol. The van der Waals surface area contributed by atoms with Crippen LogP contribution in [0.2, 0.25) is 0 Å². The van der Waals surface area contributed by atoms with Crippen LogP contribution in [0, 0.1) is 15.5 Å². The molecule has 0 heterocycles. The van der Waals surface area contributed by atoms with Crippen molar-refractivity contribution >= 4 is 11.9 Å². The van der Waals surface area contributed by atoms with Crippen molar-refractivity contribution < 1.29 is 4.92 Å². The lowest BCUT2D eigenvalue weighted by Crippen LogP contribution is -1.89. The average Bonchev–Trinajstić information content (AvgIpc) is 2.06. The smallest absolute Gasteiger partial charge is 0.269 e. The molecule has 12 heavy (non-hydrogen) atoms. The number of rotatable bonds is 3. The van der Waals surface area contributed by atoms with Crippen molar-refractivity contribution in [2.45, 2.75) is 6.42 Å². The summed E-state index contributed by atoms with van der Waals surface area (Å²) in [5.74, 6) is 0. The van der Waals surface area contributed by atoms with Gasteiger partial charge in [-0.15, -0.1) is 0 Å². The Labute approximate surface area is 69.5 Å². The average molecular weight is 164 g/mol. The van der Waals surface area contributed by atoms with Gasteiger partial charge in [-0.25, -0.2) is 0 Å². The molecular weight excluding hydrogens is 156 g/mol. The molecule has 0 spiro atoms. The first-order chi connectivity index (χ1) is 5.74. The first-order valence-electron chi connectivity index (χ1n) is 3.46. The third-order valence-corrected chi connectivity index (χ3v) is 1.48. The molecule has 0 atom stereocenters. The summed E-state index contributed by atoms with van der Waals surface area (Å²) in [4.78, 5) is 9.79. The third-order valence-electron chi connectivity index (χ3n) is 1.48. The topological polar surface area (TPSA) is 67.0 Å². The van der Waals surface area contributed by atoms with Gasteiger partial charge in [0.2, 0.25) is 0 Å². The van der Waals surface area contributed by atoms with Crippen LogP contribution in [0.5, 0.6) is 0 Å². The Morgan fingerprint density at radius 3 is 2.42 bits per heavy atom. The second kappa shape index (κ2) is 3.61. The second-order valence-corrected chi connectivity index (χ2v) is 2.33. The second-order valence-electron chi connectivity index (χ2n) is 2.33. The number of non-ortho nitro benzene ring substituents is 1. The highest BCUT2D eigenvalue weighted by molar-refractivity contribution is 5.58. The molecule has 1 N–H and O–H groups in total. The van der Waals surface area contributed by atoms with E-state index in [1.165, 1.54) is 18.3 Å². The number of hydrogen-bond donors (Lipinski definition) is 1. The van der Waals surface area contributed by atoms with E-state index in [1.54, 1.807) is 12.1 Å². The molecule has 0 aliphatic rings. The van der Waals surface area contributed by atoms with E-state index in [0.29, 0.717) is 6.42 Å². The summed E-state index contributed by atoms with van der Waals surface area (Å²) in [5, 5.41) is 17.1. The fourth-order valence-electron chi connectivity index (χ4n) is 0.872. The maximum Gasteiger partial charge on any atom is 0.269 e. The van der Waals surface area contributed by atoms with E-state index in [2.05, 4.69) is 0 Å². The van der Waals surface area contributed by atoms with E-state index in [1.807, 2.05) is 0 Å². The van der Waals surface area contributed by atoms with Gasteiger partial charge in [-0.3, -0.25) is 10.1 Å². The monoisotopic (exact) mass is 164 g/mol. The van der Waals surface area contributed by atoms with Crippen LogP contribution in [0.15, 0.2) is 24.3 Å². The molecule has 4 heteroatoms. The van der Waals surface area contributed by atoms with Crippen molar-refractivity contribution in [2.75, 3.05) is 0 Å². The van der Waals surface area contributed by atoms with Gasteiger partial charge in [0.15, 0.2) is 0 Å². The number of benzene rings is 1. The van der Waals surface area contributed by atoms with Crippen molar-refractivity contribution in [2.24, 2.45) is 0 Å². The Hall–Kier alpha value is -1.71. The van der Waals surface area contributed by atoms with E-state index in [9.17, 15) is 10.1 Å². The molecule has 0 unspecified atom stereocenters. The molecule has 4 nitrogen and oxygen atoms in total. The van der Waals surface area contributed by atoms with Crippen molar-refractivity contribution in [3.8, 4) is 0 Å². The molecule has 62 valence electrons. The van der Waals surface area contributed by atoms with Crippen molar-refractivity contribution in [3.05, 3.63) is 39.9 Å². The zero-order valence-corrected chi connectivity index (χ0v) is 6.36. The fourth-order valence-corrected chi connectivity index (χ4v) is 0.872. The molecule has 1 aromatic carbocycles. The van der Waals surface area contributed by atoms with Crippen LogP contribution >= 0.6 is 0 Å². The summed E-state index contributed by atoms with van der Waals surface area (Å²) in [7, 11) is 0. The van der Waals surface area contributed by atoms with Crippen molar-refractivity contribution in [1.82, 2.24) is 0 Å². The minimum Gasteiger partial charge on any atom is -0.313 e. The third kappa shape index (κ3) is 1.88. The molecule has 0 saturated carbocycles. The van der Waals surface area contributed by atoms with Crippen molar-refractivity contribution in [1.29, 1.82) is 5.41 Å². The molecule has 0 bridgehead atoms. The fraction of sp³-hybridized carbons (Fsp3) is 0.125. The lowest BCUT2D eigenvalue weighted by molar-refractivity contribution is -0.384. The van der Waals surface area contributed by atoms with E-state index in [0.717, 1.165) is 5.56 Å². The maximum atomic E-state index is 10.2. The Kier molecular flexibility index (Phi) is 2.53. The lowest BCUT2D eigenvalue weighted by Gasteiger charge is -1.94. The van der Waals surface area contributed by atoms with Gasteiger partial charge in [0.1, 0.15) is 0 Å². The van der Waals surface area contributed by atoms with E-state index in [-0.39, 0.29) is 5.69 Å². The Morgan fingerprint density at radius 2 is 2.00 bits per heavy atom. The van der Waals surface area contributed by atoms with Crippen LogP contribution in [-0.2, 0) is 6.42 Å². The highest BCUT2D eigenvalue weighted by atomic mass is 16.6. The molecule has 0 aliphatic heterocycles. The van der Waals surface area contributed by atoms with Crippen LogP contribution in [0.4, 0.5) is 5.69 Å². The molecule has 0 saturated heterocycles. The summed E-state index contributed by atoms with van der Waals surface area (Å²) >= 11 is 0. The molecule has 0 aliphatic carbocycles. The minimum atomic E-state index is -0.436. The number of nitrogens with one attached hydrogen (secondary N) is 1. The molecule has 0 amide bonds. The maximum absolute atomic E-state index is 10.2. The SMILES string of the molecule is N=CCc1ccc([N+](=O)[O-])cc1. The van der Waals surface area contributed by atoms with Crippen LogP contribution in [0.3, 0.4) is 0 Å². The summed E-state index contributed by atoms with van der Waals surface area (Å²) < 4.78 is 0. The number of hydrogen-bond acceptors (Lipinski definition) is 3. The molecule has 0 aromatic heterocycles. The van der Waals surface area contributed by atoms with Gasteiger partial charge in [0.25, 0.3) is 5.69 Å². The van der Waals surface area contributed by atoms with Gasteiger partial charge in [0, 0.05) is 18.6 Å². The Morgan fingerprint density at radius 1 is 1.42 bits per heavy atom. The van der Waals surface area contributed by atoms with Gasteiger partial charge in [-0.05, 0) is 11.8 Å². The van der Waals surface area contributed by atoms with Crippen LogP contribution in [0.1, 0.15) is 5.56 Å². The van der Waals surface area contributed by atoms with Crippen LogP contribution in [-0.4, -0.2) is 11.1 Å². The summed E-state index contributed by atoms with van der Waals surface area (Å²) in [5.41, 5.74) is 0.999. The van der Waals surface area contributed by atoms with E-state index >= 15 is 0 Å². The van der Waals surface area contributed by atoms with Gasteiger partial charge in [-0.2, -0.15) is 0 Å². The van der Waals surface area contributed by atoms with E-state index in [4.69, 9.17) is 5.41 Å². The highest BCUT2D eigenvalue weighted by Gasteiger charge is 2.02. The summed E-state index contributed by atoms with van der Waals surface area (Å²) in [6.45, 7) is 0. The first-order valence-corrected chi connectivity index (χ1v) is 3.46. The molecule has 1 aromatic rings. The minimum absolute atomic E-state index is 0.0868. The predicted octanol–water partition coefficient (Wildman–Crippen LogP) is 1.79. The normalized spacial score (nSPS) is 9.33. The van der Waals surface area contributed by atoms with Gasteiger partial charge in [0.05, 0.1) is 4.92 Å². The Balaban J connectivity index is 2.85. The standard InChI is InChI=1S/C8H8N2O2/c9-6-5-7-1-3-8(4-2-7)10(11)12/h1-4,6,9H,5H2. The summed E-state index contributed by atoms with van der Waals surface area (Å²) in [6, 6.07) is 6.20. The number of nitrogens with zero attached hydrogens (tertiary/aromatic N) is 1. The van der Waals surface area contributed by atoms with Crippen LogP contribution < -0.4 is 0 Å². The Bertz CT molecular complexity index is 292. The highest BCUT2D eigenvalue weighted by Crippen LogP contribution is 2.11. The van der Waals surface area contributed by atoms with E-state index < -0.39 is 4.92 Å². The van der Waals surface area contributed by atoms with Gasteiger partial charge in [-0.1, -0.05) is 12.1 Å². The molecule has 0 fully saturated rings. The van der Waals surface area contributed by atoms with Gasteiger partial charge < -0.3 is 5.41 Å². The molecule has 0 radical (unpaired) electrons. The number of nitro groups is 1. The zero-order valence-electron chi connectivity index (χ0n) is 6.36. The lowest BCUT2D eigenvalue weighted by atomic mass is 10.1. The summed E-state index contributed by atoms with van der Waals surface area (Å²) in [6.07, 6.45) is 1.79. The van der Waals surface area contributed by atoms with Gasteiger partial charge >= 0.3 is 0 Å². The number of nitro benzene ring substituents is 1. The largest absolute Gasteiger partial charge is 0.313 e. The molecule has 1 rings (SSSR count). The molecular formula is C8H8N2O2. The zero-order chi connectivity index (χ0) is 8.97. The van der Waals surface area contributed by atoms with Crippen molar-refractivity contribution in [3.63, 3.8) is 0 Å². The first kappa shape index (κ1) is 8.39.